The zero-order valence-electron chi connectivity index (χ0n) is 13.5. The van der Waals surface area contributed by atoms with Crippen LogP contribution in [0.15, 0.2) is 6.07 Å². The lowest BCUT2D eigenvalue weighted by Gasteiger charge is -2.36. The van der Waals surface area contributed by atoms with Crippen molar-refractivity contribution in [2.45, 2.75) is 46.3 Å². The number of hydrogen-bond donors (Lipinski definition) is 0. The molecule has 1 aromatic heterocycles. The first-order valence-corrected chi connectivity index (χ1v) is 8.02. The smallest absolute Gasteiger partial charge is 0.227 e. The predicted molar refractivity (Wildman–Crippen MR) is 85.0 cm³/mol. The van der Waals surface area contributed by atoms with Crippen molar-refractivity contribution in [3.63, 3.8) is 0 Å². The third-order valence-corrected chi connectivity index (χ3v) is 4.28. The number of morpholine rings is 1. The summed E-state index contributed by atoms with van der Waals surface area (Å²) < 4.78 is 5.82. The second-order valence-corrected chi connectivity index (χ2v) is 6.67. The van der Waals surface area contributed by atoms with Crippen LogP contribution in [0.1, 0.15) is 32.9 Å². The highest BCUT2D eigenvalue weighted by Gasteiger charge is 2.26. The fourth-order valence-corrected chi connectivity index (χ4v) is 3.32. The normalized spacial score (nSPS) is 30.0. The molecule has 3 rings (SSSR count). The van der Waals surface area contributed by atoms with Crippen molar-refractivity contribution in [1.29, 1.82) is 0 Å². The summed E-state index contributed by atoms with van der Waals surface area (Å²) in [6.07, 6.45) is 1.73. The molecule has 0 saturated carbocycles. The van der Waals surface area contributed by atoms with Gasteiger partial charge in [0.1, 0.15) is 5.82 Å². The minimum atomic E-state index is 0.249. The van der Waals surface area contributed by atoms with E-state index in [4.69, 9.17) is 9.72 Å². The molecule has 0 spiro atoms. The van der Waals surface area contributed by atoms with Crippen molar-refractivity contribution in [2.75, 3.05) is 36.0 Å². The first-order valence-electron chi connectivity index (χ1n) is 8.02. The van der Waals surface area contributed by atoms with Gasteiger partial charge in [-0.2, -0.15) is 4.98 Å². The van der Waals surface area contributed by atoms with Gasteiger partial charge in [0.05, 0.1) is 12.2 Å². The molecule has 2 saturated heterocycles. The third-order valence-electron chi connectivity index (χ3n) is 4.28. The Morgan fingerprint density at radius 1 is 1.05 bits per heavy atom. The molecule has 2 fully saturated rings. The minimum Gasteiger partial charge on any atom is -0.372 e. The van der Waals surface area contributed by atoms with Gasteiger partial charge < -0.3 is 14.5 Å². The molecule has 5 heteroatoms. The summed E-state index contributed by atoms with van der Waals surface area (Å²) in [6, 6.07) is 2.09. The first kappa shape index (κ1) is 14.6. The highest BCUT2D eigenvalue weighted by Crippen LogP contribution is 2.25. The summed E-state index contributed by atoms with van der Waals surface area (Å²) in [5.41, 5.74) is 1.04. The van der Waals surface area contributed by atoms with Gasteiger partial charge in [0.15, 0.2) is 0 Å². The molecule has 0 radical (unpaired) electrons. The Balaban J connectivity index is 1.83. The maximum absolute atomic E-state index is 5.82. The first-order chi connectivity index (χ1) is 10.0. The van der Waals surface area contributed by atoms with E-state index in [2.05, 4.69) is 48.5 Å². The number of aryl methyl sites for hydroxylation is 1. The average molecular weight is 290 g/mol. The van der Waals surface area contributed by atoms with Crippen LogP contribution < -0.4 is 9.80 Å². The Morgan fingerprint density at radius 2 is 1.76 bits per heavy atom. The van der Waals surface area contributed by atoms with Crippen LogP contribution in [-0.4, -0.2) is 48.4 Å². The zero-order chi connectivity index (χ0) is 15.0. The molecule has 1 unspecified atom stereocenters. The van der Waals surface area contributed by atoms with Crippen molar-refractivity contribution < 1.29 is 4.74 Å². The number of ether oxygens (including phenoxy) is 1. The average Bonchev–Trinajstić information content (AvgIpc) is 2.83. The molecule has 5 nitrogen and oxygen atoms in total. The molecule has 0 N–H and O–H groups in total. The number of anilines is 2. The maximum Gasteiger partial charge on any atom is 0.227 e. The number of hydrogen-bond acceptors (Lipinski definition) is 5. The highest BCUT2D eigenvalue weighted by molar-refractivity contribution is 5.47. The molecule has 21 heavy (non-hydrogen) atoms. The lowest BCUT2D eigenvalue weighted by Crippen LogP contribution is -2.46. The molecular formula is C16H26N4O. The van der Waals surface area contributed by atoms with E-state index >= 15 is 0 Å². The molecular weight excluding hydrogens is 264 g/mol. The summed E-state index contributed by atoms with van der Waals surface area (Å²) in [6.45, 7) is 12.5. The summed E-state index contributed by atoms with van der Waals surface area (Å²) in [5.74, 6) is 2.67. The number of aromatic nitrogens is 2. The Kier molecular flexibility index (Phi) is 4.02. The van der Waals surface area contributed by atoms with Gasteiger partial charge in [-0.3, -0.25) is 0 Å². The van der Waals surface area contributed by atoms with Gasteiger partial charge in [-0.15, -0.1) is 0 Å². The number of rotatable bonds is 2. The lowest BCUT2D eigenvalue weighted by molar-refractivity contribution is -0.00546. The van der Waals surface area contributed by atoms with Gasteiger partial charge in [0.25, 0.3) is 0 Å². The van der Waals surface area contributed by atoms with Crippen LogP contribution in [0.2, 0.25) is 0 Å². The van der Waals surface area contributed by atoms with E-state index in [-0.39, 0.29) is 12.2 Å². The van der Waals surface area contributed by atoms with E-state index in [1.54, 1.807) is 0 Å². The molecule has 0 aliphatic carbocycles. The summed E-state index contributed by atoms with van der Waals surface area (Å²) in [5, 5.41) is 0. The molecule has 0 bridgehead atoms. The molecule has 116 valence electrons. The van der Waals surface area contributed by atoms with Crippen molar-refractivity contribution >= 4 is 11.8 Å². The predicted octanol–water partition coefficient (Wildman–Crippen LogP) is 2.24. The van der Waals surface area contributed by atoms with Crippen LogP contribution in [0.25, 0.3) is 0 Å². The second-order valence-electron chi connectivity index (χ2n) is 6.67. The Labute approximate surface area is 127 Å². The molecule has 2 aliphatic rings. The van der Waals surface area contributed by atoms with Crippen molar-refractivity contribution in [3.8, 4) is 0 Å². The Hall–Kier alpha value is -1.36. The van der Waals surface area contributed by atoms with E-state index in [9.17, 15) is 0 Å². The molecule has 0 aromatic carbocycles. The van der Waals surface area contributed by atoms with Gasteiger partial charge >= 0.3 is 0 Å². The molecule has 3 heterocycles. The Morgan fingerprint density at radius 3 is 2.38 bits per heavy atom. The molecule has 2 aliphatic heterocycles. The Bertz CT molecular complexity index is 497. The molecule has 0 amide bonds. The molecule has 1 aromatic rings. The quantitative estimate of drug-likeness (QED) is 0.835. The van der Waals surface area contributed by atoms with Gasteiger partial charge in [-0.25, -0.2) is 4.98 Å². The van der Waals surface area contributed by atoms with Crippen LogP contribution >= 0.6 is 0 Å². The van der Waals surface area contributed by atoms with Crippen molar-refractivity contribution in [2.24, 2.45) is 5.92 Å². The van der Waals surface area contributed by atoms with Gasteiger partial charge in [-0.1, -0.05) is 6.92 Å². The standard InChI is InChI=1S/C16H26N4O/c1-11-5-6-19(8-11)16-17-12(2)7-15(18-16)20-9-13(3)21-14(4)10-20/h7,11,13-14H,5-6,8-10H2,1-4H3/t11?,13-,14+. The van der Waals surface area contributed by atoms with Crippen LogP contribution in [0.5, 0.6) is 0 Å². The monoisotopic (exact) mass is 290 g/mol. The lowest BCUT2D eigenvalue weighted by atomic mass is 10.2. The van der Waals surface area contributed by atoms with E-state index in [1.165, 1.54) is 6.42 Å². The highest BCUT2D eigenvalue weighted by atomic mass is 16.5. The maximum atomic E-state index is 5.82. The van der Waals surface area contributed by atoms with Gasteiger partial charge in [-0.05, 0) is 33.1 Å². The van der Waals surface area contributed by atoms with E-state index in [0.717, 1.165) is 49.6 Å². The fraction of sp³-hybridized carbons (Fsp3) is 0.750. The minimum absolute atomic E-state index is 0.249. The van der Waals surface area contributed by atoms with E-state index in [1.807, 2.05) is 0 Å². The van der Waals surface area contributed by atoms with Crippen molar-refractivity contribution in [3.05, 3.63) is 11.8 Å². The second kappa shape index (κ2) is 5.79. The van der Waals surface area contributed by atoms with Gasteiger partial charge in [0.2, 0.25) is 5.95 Å². The largest absolute Gasteiger partial charge is 0.372 e. The van der Waals surface area contributed by atoms with Crippen molar-refractivity contribution in [1.82, 2.24) is 9.97 Å². The van der Waals surface area contributed by atoms with Crippen LogP contribution in [-0.2, 0) is 4.74 Å². The molecule has 3 atom stereocenters. The van der Waals surface area contributed by atoms with Crippen LogP contribution in [0.3, 0.4) is 0 Å². The zero-order valence-corrected chi connectivity index (χ0v) is 13.5. The topological polar surface area (TPSA) is 41.5 Å². The van der Waals surface area contributed by atoms with E-state index < -0.39 is 0 Å². The summed E-state index contributed by atoms with van der Waals surface area (Å²) >= 11 is 0. The summed E-state index contributed by atoms with van der Waals surface area (Å²) in [7, 11) is 0. The van der Waals surface area contributed by atoms with Crippen LogP contribution in [0.4, 0.5) is 11.8 Å². The van der Waals surface area contributed by atoms with Gasteiger partial charge in [0, 0.05) is 37.9 Å². The fourth-order valence-electron chi connectivity index (χ4n) is 3.32. The SMILES string of the molecule is Cc1cc(N2C[C@@H](C)O[C@@H](C)C2)nc(N2CCC(C)C2)n1. The summed E-state index contributed by atoms with van der Waals surface area (Å²) in [4.78, 5) is 14.1. The van der Waals surface area contributed by atoms with E-state index in [0.29, 0.717) is 0 Å². The number of nitrogens with zero attached hydrogens (tertiary/aromatic N) is 4. The third kappa shape index (κ3) is 3.28. The van der Waals surface area contributed by atoms with Crippen LogP contribution in [0, 0.1) is 12.8 Å².